The van der Waals surface area contributed by atoms with Crippen LogP contribution in [0, 0.1) is 5.82 Å². The van der Waals surface area contributed by atoms with Gasteiger partial charge in [-0.3, -0.25) is 0 Å². The van der Waals surface area contributed by atoms with Crippen molar-refractivity contribution in [2.45, 2.75) is 0 Å². The number of carboxylic acids is 1. The van der Waals surface area contributed by atoms with Gasteiger partial charge in [0.15, 0.2) is 11.5 Å². The summed E-state index contributed by atoms with van der Waals surface area (Å²) in [5.41, 5.74) is -0.203. The minimum Gasteiger partial charge on any atom is -0.476 e. The van der Waals surface area contributed by atoms with E-state index in [9.17, 15) is 9.18 Å². The van der Waals surface area contributed by atoms with E-state index in [0.29, 0.717) is 0 Å². The zero-order chi connectivity index (χ0) is 9.42. The van der Waals surface area contributed by atoms with Gasteiger partial charge in [-0.05, 0) is 12.1 Å². The highest BCUT2D eigenvalue weighted by Gasteiger charge is 2.16. The third-order valence-electron chi connectivity index (χ3n) is 1.72. The van der Waals surface area contributed by atoms with Crippen molar-refractivity contribution in [2.24, 2.45) is 0 Å². The van der Waals surface area contributed by atoms with Crippen molar-refractivity contribution < 1.29 is 14.3 Å². The van der Waals surface area contributed by atoms with E-state index in [-0.39, 0.29) is 11.0 Å². The molecule has 0 saturated carbocycles. The number of nitrogens with one attached hydrogen (secondary N) is 1. The maximum Gasteiger partial charge on any atom is 0.355 e. The van der Waals surface area contributed by atoms with Crippen molar-refractivity contribution in [2.75, 3.05) is 0 Å². The standard InChI is InChI=1S/C8H5FN2O2/c9-5-4-2-1-3-10-7(4)11-6(5)8(12)13/h1-3H,(H,10,11)(H,12,13). The molecule has 2 heterocycles. The zero-order valence-electron chi connectivity index (χ0n) is 6.41. The molecule has 0 atom stereocenters. The van der Waals surface area contributed by atoms with Crippen LogP contribution in [0.5, 0.6) is 0 Å². The fourth-order valence-electron chi connectivity index (χ4n) is 1.14. The van der Waals surface area contributed by atoms with Crippen molar-refractivity contribution in [3.8, 4) is 0 Å². The number of hydrogen-bond acceptors (Lipinski definition) is 2. The summed E-state index contributed by atoms with van der Waals surface area (Å²) in [6.07, 6.45) is 1.46. The third kappa shape index (κ3) is 1.05. The number of aromatic carboxylic acids is 1. The first-order valence-corrected chi connectivity index (χ1v) is 3.55. The smallest absolute Gasteiger partial charge is 0.355 e. The van der Waals surface area contributed by atoms with Crippen molar-refractivity contribution in [1.29, 1.82) is 0 Å². The van der Waals surface area contributed by atoms with E-state index in [2.05, 4.69) is 9.97 Å². The van der Waals surface area contributed by atoms with Crippen LogP contribution in [-0.4, -0.2) is 21.0 Å². The lowest BCUT2D eigenvalue weighted by molar-refractivity contribution is 0.0686. The quantitative estimate of drug-likeness (QED) is 0.697. The summed E-state index contributed by atoms with van der Waals surface area (Å²) in [7, 11) is 0. The largest absolute Gasteiger partial charge is 0.476 e. The van der Waals surface area contributed by atoms with Gasteiger partial charge in [-0.25, -0.2) is 14.2 Å². The van der Waals surface area contributed by atoms with Crippen LogP contribution in [0.15, 0.2) is 18.3 Å². The molecule has 0 aromatic carbocycles. The van der Waals surface area contributed by atoms with Crippen molar-refractivity contribution >= 4 is 17.0 Å². The first-order chi connectivity index (χ1) is 6.20. The van der Waals surface area contributed by atoms with Gasteiger partial charge in [0.2, 0.25) is 0 Å². The van der Waals surface area contributed by atoms with Crippen molar-refractivity contribution in [3.05, 3.63) is 29.8 Å². The molecule has 5 heteroatoms. The lowest BCUT2D eigenvalue weighted by atomic mass is 10.3. The molecule has 0 amide bonds. The van der Waals surface area contributed by atoms with E-state index in [1.54, 1.807) is 6.07 Å². The molecule has 0 radical (unpaired) electrons. The van der Waals surface area contributed by atoms with Gasteiger partial charge in [0.1, 0.15) is 5.65 Å². The molecule has 2 aromatic heterocycles. The van der Waals surface area contributed by atoms with Gasteiger partial charge in [0.25, 0.3) is 0 Å². The number of rotatable bonds is 1. The molecule has 4 nitrogen and oxygen atoms in total. The Balaban J connectivity index is 2.81. The number of halogens is 1. The maximum absolute atomic E-state index is 13.2. The number of nitrogens with zero attached hydrogens (tertiary/aromatic N) is 1. The van der Waals surface area contributed by atoms with Gasteiger partial charge in [0, 0.05) is 6.20 Å². The van der Waals surface area contributed by atoms with Crippen LogP contribution < -0.4 is 0 Å². The molecule has 0 aliphatic rings. The summed E-state index contributed by atoms with van der Waals surface area (Å²) in [6.45, 7) is 0. The fraction of sp³-hybridized carbons (Fsp3) is 0. The normalized spacial score (nSPS) is 10.5. The zero-order valence-corrected chi connectivity index (χ0v) is 6.41. The highest BCUT2D eigenvalue weighted by Crippen LogP contribution is 2.18. The van der Waals surface area contributed by atoms with Crippen LogP contribution in [-0.2, 0) is 0 Å². The minimum absolute atomic E-state index is 0.194. The summed E-state index contributed by atoms with van der Waals surface area (Å²) < 4.78 is 13.2. The SMILES string of the molecule is O=C(O)c1[nH]c2ncccc2c1F. The van der Waals surface area contributed by atoms with E-state index in [4.69, 9.17) is 5.11 Å². The Hall–Kier alpha value is -1.91. The second kappa shape index (κ2) is 2.55. The predicted molar refractivity (Wildman–Crippen MR) is 43.0 cm³/mol. The van der Waals surface area contributed by atoms with Crippen LogP contribution in [0.3, 0.4) is 0 Å². The van der Waals surface area contributed by atoms with Crippen LogP contribution in [0.2, 0.25) is 0 Å². The van der Waals surface area contributed by atoms with Crippen LogP contribution in [0.1, 0.15) is 10.5 Å². The number of fused-ring (bicyclic) bond motifs is 1. The first-order valence-electron chi connectivity index (χ1n) is 3.55. The van der Waals surface area contributed by atoms with E-state index >= 15 is 0 Å². The number of hydrogen-bond donors (Lipinski definition) is 2. The monoisotopic (exact) mass is 180 g/mol. The van der Waals surface area contributed by atoms with Gasteiger partial charge in [-0.2, -0.15) is 0 Å². The lowest BCUT2D eigenvalue weighted by Gasteiger charge is -1.85. The summed E-state index contributed by atoms with van der Waals surface area (Å²) in [6, 6.07) is 3.02. The topological polar surface area (TPSA) is 66.0 Å². The third-order valence-corrected chi connectivity index (χ3v) is 1.72. The van der Waals surface area contributed by atoms with Gasteiger partial charge >= 0.3 is 5.97 Å². The fourth-order valence-corrected chi connectivity index (χ4v) is 1.14. The molecule has 0 fully saturated rings. The van der Waals surface area contributed by atoms with Gasteiger partial charge in [-0.15, -0.1) is 0 Å². The Morgan fingerprint density at radius 2 is 2.38 bits per heavy atom. The maximum atomic E-state index is 13.2. The number of H-pyrrole nitrogens is 1. The summed E-state index contributed by atoms with van der Waals surface area (Å²) in [5, 5.41) is 8.76. The number of pyridine rings is 1. The average molecular weight is 180 g/mol. The number of aromatic nitrogens is 2. The molecule has 2 aromatic rings. The van der Waals surface area contributed by atoms with Crippen LogP contribution in [0.4, 0.5) is 4.39 Å². The molecule has 0 aliphatic carbocycles. The molecule has 0 aliphatic heterocycles. The Morgan fingerprint density at radius 3 is 3.00 bits per heavy atom. The average Bonchev–Trinajstić information content (AvgIpc) is 2.45. The van der Waals surface area contributed by atoms with Crippen LogP contribution >= 0.6 is 0 Å². The highest BCUT2D eigenvalue weighted by molar-refractivity contribution is 5.93. The summed E-state index contributed by atoms with van der Waals surface area (Å²) in [5.74, 6) is -2.09. The van der Waals surface area contributed by atoms with Gasteiger partial charge in [-0.1, -0.05) is 0 Å². The number of carboxylic acid groups (broad SMARTS) is 1. The summed E-state index contributed by atoms with van der Waals surface area (Å²) in [4.78, 5) is 16.7. The Labute approximate surface area is 72.0 Å². The van der Waals surface area contributed by atoms with E-state index in [1.165, 1.54) is 12.3 Å². The van der Waals surface area contributed by atoms with Crippen molar-refractivity contribution in [3.63, 3.8) is 0 Å². The van der Waals surface area contributed by atoms with Crippen LogP contribution in [0.25, 0.3) is 11.0 Å². The van der Waals surface area contributed by atoms with Gasteiger partial charge in [0.05, 0.1) is 5.39 Å². The number of carbonyl (C=O) groups is 1. The number of aromatic amines is 1. The van der Waals surface area contributed by atoms with E-state index in [1.807, 2.05) is 0 Å². The molecule has 2 rings (SSSR count). The molecule has 2 N–H and O–H groups in total. The second-order valence-corrected chi connectivity index (χ2v) is 2.52. The molecule has 0 saturated heterocycles. The second-order valence-electron chi connectivity index (χ2n) is 2.52. The van der Waals surface area contributed by atoms with Gasteiger partial charge < -0.3 is 10.1 Å². The molecule has 13 heavy (non-hydrogen) atoms. The molecule has 66 valence electrons. The minimum atomic E-state index is -1.32. The van der Waals surface area contributed by atoms with E-state index in [0.717, 1.165) is 0 Å². The summed E-state index contributed by atoms with van der Waals surface area (Å²) >= 11 is 0. The lowest BCUT2D eigenvalue weighted by Crippen LogP contribution is -1.98. The Bertz CT molecular complexity index is 478. The van der Waals surface area contributed by atoms with E-state index < -0.39 is 17.5 Å². The molecule has 0 unspecified atom stereocenters. The highest BCUT2D eigenvalue weighted by atomic mass is 19.1. The molecular weight excluding hydrogens is 175 g/mol. The molecule has 0 spiro atoms. The molecular formula is C8H5FN2O2. The Morgan fingerprint density at radius 1 is 1.62 bits per heavy atom. The molecule has 0 bridgehead atoms. The first kappa shape index (κ1) is 7.72. The Kier molecular flexibility index (Phi) is 1.51. The van der Waals surface area contributed by atoms with Crippen molar-refractivity contribution in [1.82, 2.24) is 9.97 Å². The predicted octanol–water partition coefficient (Wildman–Crippen LogP) is 1.40.